The first kappa shape index (κ1) is 13.0. The highest BCUT2D eigenvalue weighted by molar-refractivity contribution is 5.85. The van der Waals surface area contributed by atoms with Crippen LogP contribution in [-0.4, -0.2) is 11.5 Å². The maximum atomic E-state index is 4.20. The van der Waals surface area contributed by atoms with Gasteiger partial charge in [-0.2, -0.15) is 0 Å². The Morgan fingerprint density at radius 1 is 1.22 bits per heavy atom. The monoisotopic (exact) mass is 242 g/mol. The summed E-state index contributed by atoms with van der Waals surface area (Å²) < 4.78 is 0. The van der Waals surface area contributed by atoms with Crippen molar-refractivity contribution in [2.24, 2.45) is 5.92 Å². The van der Waals surface area contributed by atoms with Gasteiger partial charge in [-0.25, -0.2) is 0 Å². The van der Waals surface area contributed by atoms with E-state index in [0.717, 1.165) is 13.0 Å². The molecule has 2 heteroatoms. The number of benzene rings is 1. The average Bonchev–Trinajstić information content (AvgIpc) is 2.39. The first-order chi connectivity index (χ1) is 8.74. The maximum absolute atomic E-state index is 4.20. The van der Waals surface area contributed by atoms with E-state index in [2.05, 4.69) is 55.3 Å². The van der Waals surface area contributed by atoms with Crippen LogP contribution in [0, 0.1) is 5.92 Å². The minimum absolute atomic E-state index is 0.413. The molecule has 2 rings (SSSR count). The van der Waals surface area contributed by atoms with E-state index in [-0.39, 0.29) is 0 Å². The number of rotatable bonds is 5. The van der Waals surface area contributed by atoms with Gasteiger partial charge in [0.2, 0.25) is 0 Å². The summed E-state index contributed by atoms with van der Waals surface area (Å²) in [6.07, 6.45) is 4.98. The van der Waals surface area contributed by atoms with Crippen molar-refractivity contribution < 1.29 is 0 Å². The summed E-state index contributed by atoms with van der Waals surface area (Å²) in [7, 11) is 0. The third kappa shape index (κ3) is 2.70. The quantitative estimate of drug-likeness (QED) is 0.859. The van der Waals surface area contributed by atoms with Crippen molar-refractivity contribution in [3.8, 4) is 0 Å². The number of fused-ring (bicyclic) bond motifs is 1. The van der Waals surface area contributed by atoms with Crippen molar-refractivity contribution >= 4 is 10.8 Å². The zero-order valence-electron chi connectivity index (χ0n) is 11.5. The van der Waals surface area contributed by atoms with Crippen molar-refractivity contribution in [3.63, 3.8) is 0 Å². The van der Waals surface area contributed by atoms with Crippen LogP contribution in [0.3, 0.4) is 0 Å². The van der Waals surface area contributed by atoms with Crippen molar-refractivity contribution in [1.29, 1.82) is 0 Å². The summed E-state index contributed by atoms with van der Waals surface area (Å²) in [5.41, 5.74) is 1.39. The zero-order valence-corrected chi connectivity index (χ0v) is 11.5. The van der Waals surface area contributed by atoms with Gasteiger partial charge in [0.05, 0.1) is 0 Å². The molecule has 0 bridgehead atoms. The van der Waals surface area contributed by atoms with E-state index in [1.807, 2.05) is 12.4 Å². The van der Waals surface area contributed by atoms with Crippen LogP contribution in [-0.2, 0) is 0 Å². The van der Waals surface area contributed by atoms with Crippen LogP contribution in [0.2, 0.25) is 0 Å². The van der Waals surface area contributed by atoms with E-state index in [9.17, 15) is 0 Å². The topological polar surface area (TPSA) is 24.9 Å². The van der Waals surface area contributed by atoms with Gasteiger partial charge in [0.25, 0.3) is 0 Å². The lowest BCUT2D eigenvalue weighted by Crippen LogP contribution is -2.26. The van der Waals surface area contributed by atoms with Gasteiger partial charge in [0.15, 0.2) is 0 Å². The number of pyridine rings is 1. The van der Waals surface area contributed by atoms with E-state index in [1.54, 1.807) is 0 Å². The van der Waals surface area contributed by atoms with Crippen molar-refractivity contribution in [2.75, 3.05) is 6.54 Å². The summed E-state index contributed by atoms with van der Waals surface area (Å²) in [6.45, 7) is 7.81. The molecule has 1 aromatic heterocycles. The molecular formula is C16H22N2. The molecule has 0 amide bonds. The van der Waals surface area contributed by atoms with Gasteiger partial charge in [0, 0.05) is 23.8 Å². The van der Waals surface area contributed by atoms with Gasteiger partial charge >= 0.3 is 0 Å². The number of nitrogens with one attached hydrogen (secondary N) is 1. The fourth-order valence-electron chi connectivity index (χ4n) is 2.42. The molecular weight excluding hydrogens is 220 g/mol. The molecule has 0 fully saturated rings. The highest BCUT2D eigenvalue weighted by Crippen LogP contribution is 2.28. The van der Waals surface area contributed by atoms with Crippen LogP contribution >= 0.6 is 0 Å². The van der Waals surface area contributed by atoms with Crippen LogP contribution in [0.15, 0.2) is 36.7 Å². The van der Waals surface area contributed by atoms with Gasteiger partial charge in [-0.05, 0) is 35.9 Å². The fourth-order valence-corrected chi connectivity index (χ4v) is 2.42. The van der Waals surface area contributed by atoms with Crippen LogP contribution in [0.4, 0.5) is 0 Å². The third-order valence-electron chi connectivity index (χ3n) is 3.33. The largest absolute Gasteiger partial charge is 0.310 e. The molecule has 0 aliphatic heterocycles. The van der Waals surface area contributed by atoms with Crippen LogP contribution < -0.4 is 5.32 Å². The average molecular weight is 242 g/mol. The predicted octanol–water partition coefficient (Wildman–Crippen LogP) is 3.93. The van der Waals surface area contributed by atoms with E-state index in [1.165, 1.54) is 16.3 Å². The molecule has 0 saturated heterocycles. The molecule has 96 valence electrons. The Labute approximate surface area is 109 Å². The highest BCUT2D eigenvalue weighted by atomic mass is 14.9. The number of aromatic nitrogens is 1. The summed E-state index contributed by atoms with van der Waals surface area (Å²) in [5.74, 6) is 0.579. The minimum atomic E-state index is 0.413. The normalized spacial score (nSPS) is 13.1. The molecule has 0 spiro atoms. The molecule has 0 aliphatic carbocycles. The lowest BCUT2D eigenvalue weighted by atomic mass is 9.92. The van der Waals surface area contributed by atoms with E-state index in [0.29, 0.717) is 12.0 Å². The van der Waals surface area contributed by atoms with E-state index >= 15 is 0 Å². The second kappa shape index (κ2) is 5.96. The molecule has 1 heterocycles. The van der Waals surface area contributed by atoms with Crippen LogP contribution in [0.25, 0.3) is 10.8 Å². The molecule has 0 saturated carbocycles. The van der Waals surface area contributed by atoms with E-state index < -0.39 is 0 Å². The summed E-state index contributed by atoms with van der Waals surface area (Å²) in [5, 5.41) is 6.19. The lowest BCUT2D eigenvalue weighted by molar-refractivity contribution is 0.415. The van der Waals surface area contributed by atoms with E-state index in [4.69, 9.17) is 0 Å². The first-order valence-electron chi connectivity index (χ1n) is 6.80. The minimum Gasteiger partial charge on any atom is -0.310 e. The smallest absolute Gasteiger partial charge is 0.0349 e. The van der Waals surface area contributed by atoms with Crippen molar-refractivity contribution in [3.05, 3.63) is 42.2 Å². The molecule has 18 heavy (non-hydrogen) atoms. The highest BCUT2D eigenvalue weighted by Gasteiger charge is 2.16. The Kier molecular flexibility index (Phi) is 4.32. The third-order valence-corrected chi connectivity index (χ3v) is 3.33. The maximum Gasteiger partial charge on any atom is 0.0349 e. The standard InChI is InChI=1S/C16H22N2/c1-4-9-18-16(12(2)3)15-7-5-6-13-11-17-10-8-14(13)15/h5-8,10-12,16,18H,4,9H2,1-3H3. The Bertz CT molecular complexity index is 500. The SMILES string of the molecule is CCCNC(c1cccc2cnccc12)C(C)C. The van der Waals surface area contributed by atoms with Crippen LogP contribution in [0.1, 0.15) is 38.8 Å². The van der Waals surface area contributed by atoms with Gasteiger partial charge in [-0.3, -0.25) is 4.98 Å². The Balaban J connectivity index is 2.43. The summed E-state index contributed by atoms with van der Waals surface area (Å²) >= 11 is 0. The zero-order chi connectivity index (χ0) is 13.0. The first-order valence-corrected chi connectivity index (χ1v) is 6.80. The molecule has 1 unspecified atom stereocenters. The van der Waals surface area contributed by atoms with Gasteiger partial charge in [-0.1, -0.05) is 39.0 Å². The molecule has 2 nitrogen and oxygen atoms in total. The van der Waals surface area contributed by atoms with Gasteiger partial charge in [-0.15, -0.1) is 0 Å². The van der Waals surface area contributed by atoms with Gasteiger partial charge in [0.1, 0.15) is 0 Å². The molecule has 0 radical (unpaired) electrons. The predicted molar refractivity (Wildman–Crippen MR) is 77.6 cm³/mol. The Hall–Kier alpha value is -1.41. The lowest BCUT2D eigenvalue weighted by Gasteiger charge is -2.24. The van der Waals surface area contributed by atoms with Crippen LogP contribution in [0.5, 0.6) is 0 Å². The molecule has 2 aromatic rings. The van der Waals surface area contributed by atoms with Crippen molar-refractivity contribution in [1.82, 2.24) is 10.3 Å². The Morgan fingerprint density at radius 2 is 2.06 bits per heavy atom. The fraction of sp³-hybridized carbons (Fsp3) is 0.438. The molecule has 1 N–H and O–H groups in total. The number of hydrogen-bond donors (Lipinski definition) is 1. The summed E-state index contributed by atoms with van der Waals surface area (Å²) in [4.78, 5) is 4.20. The summed E-state index contributed by atoms with van der Waals surface area (Å²) in [6, 6.07) is 9.02. The second-order valence-corrected chi connectivity index (χ2v) is 5.12. The number of nitrogens with zero attached hydrogens (tertiary/aromatic N) is 1. The molecule has 1 aromatic carbocycles. The Morgan fingerprint density at radius 3 is 2.78 bits per heavy atom. The second-order valence-electron chi connectivity index (χ2n) is 5.12. The van der Waals surface area contributed by atoms with Gasteiger partial charge < -0.3 is 5.32 Å². The molecule has 0 aliphatic rings. The molecule has 1 atom stereocenters. The number of hydrogen-bond acceptors (Lipinski definition) is 2. The van der Waals surface area contributed by atoms with Crippen molar-refractivity contribution in [2.45, 2.75) is 33.2 Å².